The molecule has 4 nitrogen and oxygen atoms in total. The monoisotopic (exact) mass is 349 g/mol. The normalized spacial score (nSPS) is 10.9. The minimum Gasteiger partial charge on any atom is -0.341 e. The summed E-state index contributed by atoms with van der Waals surface area (Å²) in [6, 6.07) is 12.0. The predicted molar refractivity (Wildman–Crippen MR) is 84.7 cm³/mol. The summed E-state index contributed by atoms with van der Waals surface area (Å²) in [5.74, 6) is 4.89. The van der Waals surface area contributed by atoms with Crippen LogP contribution in [-0.2, 0) is 6.54 Å². The zero-order chi connectivity index (χ0) is 14.1. The number of hydrogen-bond donors (Lipinski definition) is 2. The molecule has 0 saturated carbocycles. The Labute approximate surface area is 128 Å². The van der Waals surface area contributed by atoms with Gasteiger partial charge in [0, 0.05) is 26.4 Å². The molecular weight excluding hydrogens is 338 g/mol. The molecule has 2 aromatic heterocycles. The van der Waals surface area contributed by atoms with Gasteiger partial charge in [-0.2, -0.15) is 0 Å². The van der Waals surface area contributed by atoms with E-state index < -0.39 is 0 Å². The molecule has 3 N–H and O–H groups in total. The van der Waals surface area contributed by atoms with E-state index in [0.29, 0.717) is 4.88 Å². The number of nitrogens with two attached hydrogens (primary N) is 1. The van der Waals surface area contributed by atoms with Crippen LogP contribution in [0.25, 0.3) is 10.9 Å². The van der Waals surface area contributed by atoms with Crippen molar-refractivity contribution in [3.63, 3.8) is 0 Å². The van der Waals surface area contributed by atoms with E-state index in [4.69, 9.17) is 5.84 Å². The largest absolute Gasteiger partial charge is 0.341 e. The molecule has 3 aromatic rings. The van der Waals surface area contributed by atoms with Crippen molar-refractivity contribution >= 4 is 44.1 Å². The third-order valence-electron chi connectivity index (χ3n) is 3.08. The molecule has 0 saturated heterocycles. The number of fused-ring (bicyclic) bond motifs is 1. The number of amides is 1. The zero-order valence-corrected chi connectivity index (χ0v) is 12.9. The molecule has 3 rings (SSSR count). The predicted octanol–water partition coefficient (Wildman–Crippen LogP) is 3.12. The molecule has 0 aliphatic rings. The minimum atomic E-state index is -0.250. The maximum atomic E-state index is 11.5. The molecule has 6 heteroatoms. The lowest BCUT2D eigenvalue weighted by atomic mass is 10.2. The Morgan fingerprint density at radius 2 is 2.10 bits per heavy atom. The molecule has 0 bridgehead atoms. The van der Waals surface area contributed by atoms with Crippen molar-refractivity contribution in [3.8, 4) is 0 Å². The lowest BCUT2D eigenvalue weighted by Gasteiger charge is -2.02. The molecule has 1 amide bonds. The Balaban J connectivity index is 1.93. The van der Waals surface area contributed by atoms with E-state index in [0.717, 1.165) is 21.4 Å². The minimum absolute atomic E-state index is 0.250. The van der Waals surface area contributed by atoms with Crippen LogP contribution >= 0.6 is 27.3 Å². The van der Waals surface area contributed by atoms with Gasteiger partial charge in [-0.1, -0.05) is 18.2 Å². The number of halogens is 1. The smallest absolute Gasteiger partial charge is 0.275 e. The van der Waals surface area contributed by atoms with Crippen LogP contribution in [0.15, 0.2) is 47.1 Å². The molecular formula is C14H12BrN3OS. The summed E-state index contributed by atoms with van der Waals surface area (Å²) >= 11 is 5.02. The summed E-state index contributed by atoms with van der Waals surface area (Å²) in [4.78, 5) is 13.2. The number of thiophene rings is 1. The van der Waals surface area contributed by atoms with Crippen molar-refractivity contribution in [2.75, 3.05) is 0 Å². The van der Waals surface area contributed by atoms with Crippen molar-refractivity contribution in [3.05, 3.63) is 56.8 Å². The summed E-state index contributed by atoms with van der Waals surface area (Å²) < 4.78 is 3.24. The number of carbonyl (C=O) groups is 1. The first-order valence-corrected chi connectivity index (χ1v) is 7.63. The zero-order valence-electron chi connectivity index (χ0n) is 10.5. The van der Waals surface area contributed by atoms with E-state index in [-0.39, 0.29) is 5.91 Å². The Bertz CT molecular complexity index is 778. The van der Waals surface area contributed by atoms with Gasteiger partial charge in [0.25, 0.3) is 5.91 Å². The van der Waals surface area contributed by atoms with E-state index in [1.54, 1.807) is 6.07 Å². The number of nitrogen functional groups attached to an aromatic ring is 1. The summed E-state index contributed by atoms with van der Waals surface area (Å²) in [5, 5.41) is 1.18. The van der Waals surface area contributed by atoms with Crippen LogP contribution in [0.5, 0.6) is 0 Å². The van der Waals surface area contributed by atoms with Gasteiger partial charge in [0.1, 0.15) is 0 Å². The number of para-hydroxylation sites is 1. The Kier molecular flexibility index (Phi) is 3.60. The molecule has 0 unspecified atom stereocenters. The summed E-state index contributed by atoms with van der Waals surface area (Å²) in [6.45, 7) is 0.731. The van der Waals surface area contributed by atoms with E-state index in [1.807, 2.05) is 18.2 Å². The number of nitrogens with zero attached hydrogens (tertiary/aromatic N) is 1. The highest BCUT2D eigenvalue weighted by Gasteiger charge is 2.10. The van der Waals surface area contributed by atoms with Crippen LogP contribution in [0.4, 0.5) is 0 Å². The first-order chi connectivity index (χ1) is 9.69. The topological polar surface area (TPSA) is 60.0 Å². The SMILES string of the molecule is NNC(=O)c1ccc(Cn2cc(Br)c3ccccc32)s1. The van der Waals surface area contributed by atoms with Crippen molar-refractivity contribution < 1.29 is 4.79 Å². The summed E-state index contributed by atoms with van der Waals surface area (Å²) in [7, 11) is 0. The summed E-state index contributed by atoms with van der Waals surface area (Å²) in [5.41, 5.74) is 3.31. The second-order valence-electron chi connectivity index (χ2n) is 4.36. The van der Waals surface area contributed by atoms with Gasteiger partial charge in [-0.15, -0.1) is 11.3 Å². The molecule has 0 radical (unpaired) electrons. The van der Waals surface area contributed by atoms with E-state index in [1.165, 1.54) is 16.7 Å². The maximum absolute atomic E-state index is 11.5. The van der Waals surface area contributed by atoms with Gasteiger partial charge in [0.2, 0.25) is 0 Å². The number of hydrogen-bond acceptors (Lipinski definition) is 3. The van der Waals surface area contributed by atoms with Crippen LogP contribution in [0.2, 0.25) is 0 Å². The molecule has 0 fully saturated rings. The van der Waals surface area contributed by atoms with Crippen LogP contribution < -0.4 is 11.3 Å². The van der Waals surface area contributed by atoms with Gasteiger partial charge in [-0.25, -0.2) is 5.84 Å². The molecule has 0 aliphatic carbocycles. The molecule has 0 aliphatic heterocycles. The Hall–Kier alpha value is -1.63. The average Bonchev–Trinajstić information content (AvgIpc) is 3.05. The van der Waals surface area contributed by atoms with Gasteiger partial charge in [-0.05, 0) is 34.1 Å². The number of aromatic nitrogens is 1. The van der Waals surface area contributed by atoms with Gasteiger partial charge in [0.15, 0.2) is 0 Å². The Morgan fingerprint density at radius 1 is 1.30 bits per heavy atom. The lowest BCUT2D eigenvalue weighted by molar-refractivity contribution is 0.0957. The molecule has 0 atom stereocenters. The molecule has 0 spiro atoms. The number of hydrazine groups is 1. The van der Waals surface area contributed by atoms with Crippen LogP contribution in [0, 0.1) is 0 Å². The quantitative estimate of drug-likeness (QED) is 0.433. The number of benzene rings is 1. The second kappa shape index (κ2) is 5.40. The van der Waals surface area contributed by atoms with Gasteiger partial charge < -0.3 is 4.57 Å². The summed E-state index contributed by atoms with van der Waals surface area (Å²) in [6.07, 6.45) is 2.06. The highest BCUT2D eigenvalue weighted by atomic mass is 79.9. The fourth-order valence-electron chi connectivity index (χ4n) is 2.16. The Morgan fingerprint density at radius 3 is 2.90 bits per heavy atom. The van der Waals surface area contributed by atoms with Gasteiger partial charge in [-0.3, -0.25) is 10.2 Å². The number of rotatable bonds is 3. The van der Waals surface area contributed by atoms with E-state index >= 15 is 0 Å². The van der Waals surface area contributed by atoms with Crippen molar-refractivity contribution in [2.24, 2.45) is 5.84 Å². The third kappa shape index (κ3) is 2.37. The van der Waals surface area contributed by atoms with Crippen molar-refractivity contribution in [1.82, 2.24) is 9.99 Å². The number of carbonyl (C=O) groups excluding carboxylic acids is 1. The lowest BCUT2D eigenvalue weighted by Crippen LogP contribution is -2.29. The molecule has 102 valence electrons. The second-order valence-corrected chi connectivity index (χ2v) is 6.38. The van der Waals surface area contributed by atoms with Crippen molar-refractivity contribution in [1.29, 1.82) is 0 Å². The maximum Gasteiger partial charge on any atom is 0.275 e. The van der Waals surface area contributed by atoms with Crippen molar-refractivity contribution in [2.45, 2.75) is 6.54 Å². The first-order valence-electron chi connectivity index (χ1n) is 6.02. The van der Waals surface area contributed by atoms with Gasteiger partial charge in [0.05, 0.1) is 11.4 Å². The van der Waals surface area contributed by atoms with E-state index in [9.17, 15) is 4.79 Å². The fraction of sp³-hybridized carbons (Fsp3) is 0.0714. The molecule has 1 aromatic carbocycles. The van der Waals surface area contributed by atoms with Crippen LogP contribution in [0.3, 0.4) is 0 Å². The van der Waals surface area contributed by atoms with Gasteiger partial charge >= 0.3 is 0 Å². The standard InChI is InChI=1S/C14H12BrN3OS/c15-11-8-18(12-4-2-1-3-10(11)12)7-9-5-6-13(20-9)14(19)17-16/h1-6,8H,7,16H2,(H,17,19). The van der Waals surface area contributed by atoms with E-state index in [2.05, 4.69) is 44.3 Å². The van der Waals surface area contributed by atoms with Crippen LogP contribution in [-0.4, -0.2) is 10.5 Å². The molecule has 2 heterocycles. The average molecular weight is 350 g/mol. The highest BCUT2D eigenvalue weighted by Crippen LogP contribution is 2.27. The fourth-order valence-corrected chi connectivity index (χ4v) is 3.65. The molecule has 20 heavy (non-hydrogen) atoms. The number of nitrogens with one attached hydrogen (secondary N) is 1. The third-order valence-corrected chi connectivity index (χ3v) is 4.78. The highest BCUT2D eigenvalue weighted by molar-refractivity contribution is 9.10. The first kappa shape index (κ1) is 13.4. The van der Waals surface area contributed by atoms with Crippen LogP contribution in [0.1, 0.15) is 14.5 Å².